The lowest BCUT2D eigenvalue weighted by molar-refractivity contribution is -0.142. The van der Waals surface area contributed by atoms with Crippen LogP contribution in [0.5, 0.6) is 0 Å². The molecule has 2 N–H and O–H groups in total. The summed E-state index contributed by atoms with van der Waals surface area (Å²) >= 11 is 0. The van der Waals surface area contributed by atoms with Crippen LogP contribution in [0, 0.1) is 0 Å². The molecule has 148 valence electrons. The van der Waals surface area contributed by atoms with E-state index < -0.39 is 24.5 Å². The lowest BCUT2D eigenvalue weighted by atomic mass is 10.1. The van der Waals surface area contributed by atoms with Gasteiger partial charge in [0.25, 0.3) is 0 Å². The van der Waals surface area contributed by atoms with Gasteiger partial charge in [0.05, 0.1) is 12.1 Å². The quantitative estimate of drug-likeness (QED) is 0.432. The average molecular weight is 384 g/mol. The molecule has 1 aromatic carbocycles. The molecule has 0 unspecified atom stereocenters. The first-order chi connectivity index (χ1) is 12.0. The molecule has 26 heavy (non-hydrogen) atoms. The molecule has 0 atom stereocenters. The summed E-state index contributed by atoms with van der Waals surface area (Å²) in [5, 5.41) is 5.84. The van der Waals surface area contributed by atoms with E-state index in [4.69, 9.17) is 0 Å². The number of nitrogens with one attached hydrogen (secondary N) is 2. The van der Waals surface area contributed by atoms with E-state index in [0.29, 0.717) is 18.9 Å². The highest BCUT2D eigenvalue weighted by Gasteiger charge is 2.30. The van der Waals surface area contributed by atoms with Crippen molar-refractivity contribution in [3.63, 3.8) is 0 Å². The van der Waals surface area contributed by atoms with Crippen molar-refractivity contribution in [3.05, 3.63) is 35.4 Å². The maximum atomic E-state index is 12.5. The normalized spacial score (nSPS) is 13.2. The van der Waals surface area contributed by atoms with Crippen LogP contribution in [0.15, 0.2) is 29.3 Å². The summed E-state index contributed by atoms with van der Waals surface area (Å²) < 4.78 is 74.1. The Bertz CT molecular complexity index is 566. The molecule has 0 amide bonds. The maximum absolute atomic E-state index is 12.5. The molecule has 0 fully saturated rings. The Morgan fingerprint density at radius 3 is 2.08 bits per heavy atom. The Balaban J connectivity index is 2.32. The molecule has 0 aliphatic rings. The fraction of sp³-hybridized carbons (Fsp3) is 0.562. The minimum atomic E-state index is -4.36. The minimum Gasteiger partial charge on any atom is -0.356 e. The smallest absolute Gasteiger partial charge is 0.356 e. The topological polar surface area (TPSA) is 39.7 Å². The largest absolute Gasteiger partial charge is 0.416 e. The van der Waals surface area contributed by atoms with Crippen LogP contribution in [-0.2, 0) is 12.6 Å². The van der Waals surface area contributed by atoms with Crippen LogP contribution >= 0.6 is 0 Å². The maximum Gasteiger partial charge on any atom is 0.416 e. The number of likely N-dealkylation sites (N-methyl/N-ethyl adjacent to an activating group) is 1. The van der Waals surface area contributed by atoms with Crippen LogP contribution < -0.4 is 10.6 Å². The first-order valence-electron chi connectivity index (χ1n) is 7.87. The van der Waals surface area contributed by atoms with Gasteiger partial charge in [-0.25, -0.2) is 0 Å². The molecule has 0 radical (unpaired) electrons. The van der Waals surface area contributed by atoms with Crippen molar-refractivity contribution in [2.75, 3.05) is 40.3 Å². The summed E-state index contributed by atoms with van der Waals surface area (Å²) in [6.45, 7) is -0.121. The highest BCUT2D eigenvalue weighted by atomic mass is 19.4. The fourth-order valence-corrected chi connectivity index (χ4v) is 2.16. The van der Waals surface area contributed by atoms with E-state index in [2.05, 4.69) is 15.6 Å². The van der Waals surface area contributed by atoms with Crippen LogP contribution in [0.25, 0.3) is 0 Å². The van der Waals surface area contributed by atoms with Gasteiger partial charge in [-0.2, -0.15) is 26.3 Å². The lowest BCUT2D eigenvalue weighted by Gasteiger charge is -2.19. The van der Waals surface area contributed by atoms with Crippen molar-refractivity contribution in [3.8, 4) is 0 Å². The molecular weight excluding hydrogens is 362 g/mol. The predicted octanol–water partition coefficient (Wildman–Crippen LogP) is 2.91. The van der Waals surface area contributed by atoms with E-state index in [1.165, 1.54) is 26.2 Å². The average Bonchev–Trinajstić information content (AvgIpc) is 2.51. The Labute approximate surface area is 148 Å². The molecule has 4 nitrogen and oxygen atoms in total. The van der Waals surface area contributed by atoms with Gasteiger partial charge in [0, 0.05) is 26.7 Å². The lowest BCUT2D eigenvalue weighted by Crippen LogP contribution is -2.42. The van der Waals surface area contributed by atoms with Crippen LogP contribution in [-0.4, -0.2) is 57.3 Å². The van der Waals surface area contributed by atoms with Crippen molar-refractivity contribution < 1.29 is 26.3 Å². The molecule has 0 spiro atoms. The summed E-state index contributed by atoms with van der Waals surface area (Å²) in [5.41, 5.74) is 0.0283. The van der Waals surface area contributed by atoms with Gasteiger partial charge in [-0.15, -0.1) is 0 Å². The standard InChI is InChI=1S/C16H22F6N4/c1-23-14(25-9-10-26(2)11-15(17,18)19)24-8-7-12-3-5-13(6-4-12)16(20,21)22/h3-6H,7-11H2,1-2H3,(H2,23,24,25). The number of guanidine groups is 1. The molecule has 0 aromatic heterocycles. The summed E-state index contributed by atoms with van der Waals surface area (Å²) in [5.74, 6) is 0.414. The van der Waals surface area contributed by atoms with E-state index in [0.717, 1.165) is 22.6 Å². The zero-order chi connectivity index (χ0) is 19.8. The zero-order valence-electron chi connectivity index (χ0n) is 14.5. The van der Waals surface area contributed by atoms with Gasteiger partial charge in [-0.3, -0.25) is 9.89 Å². The van der Waals surface area contributed by atoms with Crippen molar-refractivity contribution in [2.24, 2.45) is 4.99 Å². The van der Waals surface area contributed by atoms with Crippen LogP contribution in [0.2, 0.25) is 0 Å². The molecule has 0 aliphatic heterocycles. The SMILES string of the molecule is CN=C(NCCc1ccc(C(F)(F)F)cc1)NCCN(C)CC(F)(F)F. The van der Waals surface area contributed by atoms with Crippen LogP contribution in [0.3, 0.4) is 0 Å². The predicted molar refractivity (Wildman–Crippen MR) is 88.1 cm³/mol. The van der Waals surface area contributed by atoms with E-state index in [1.807, 2.05) is 0 Å². The van der Waals surface area contributed by atoms with E-state index >= 15 is 0 Å². The Hall–Kier alpha value is -1.97. The Kier molecular flexibility index (Phi) is 8.19. The molecule has 1 rings (SSSR count). The Morgan fingerprint density at radius 1 is 1.00 bits per heavy atom. The number of alkyl halides is 6. The molecule has 0 saturated carbocycles. The van der Waals surface area contributed by atoms with Crippen LogP contribution in [0.4, 0.5) is 26.3 Å². The van der Waals surface area contributed by atoms with Gasteiger partial charge in [-0.05, 0) is 31.2 Å². The van der Waals surface area contributed by atoms with Gasteiger partial charge in [0.2, 0.25) is 0 Å². The zero-order valence-corrected chi connectivity index (χ0v) is 14.5. The number of hydrogen-bond acceptors (Lipinski definition) is 2. The third kappa shape index (κ3) is 8.93. The van der Waals surface area contributed by atoms with Gasteiger partial charge < -0.3 is 10.6 Å². The minimum absolute atomic E-state index is 0.180. The van der Waals surface area contributed by atoms with E-state index in [9.17, 15) is 26.3 Å². The number of benzene rings is 1. The number of nitrogens with zero attached hydrogens (tertiary/aromatic N) is 2. The highest BCUT2D eigenvalue weighted by molar-refractivity contribution is 5.79. The summed E-state index contributed by atoms with van der Waals surface area (Å²) in [7, 11) is 2.89. The second-order valence-corrected chi connectivity index (χ2v) is 5.72. The van der Waals surface area contributed by atoms with Gasteiger partial charge in [0.15, 0.2) is 5.96 Å². The second-order valence-electron chi connectivity index (χ2n) is 5.72. The van der Waals surface area contributed by atoms with Crippen molar-refractivity contribution in [1.29, 1.82) is 0 Å². The molecule has 0 saturated heterocycles. The van der Waals surface area contributed by atoms with Gasteiger partial charge in [0.1, 0.15) is 0 Å². The molecule has 0 bridgehead atoms. The number of rotatable bonds is 7. The Morgan fingerprint density at radius 2 is 1.58 bits per heavy atom. The second kappa shape index (κ2) is 9.65. The highest BCUT2D eigenvalue weighted by Crippen LogP contribution is 2.29. The van der Waals surface area contributed by atoms with Crippen LogP contribution in [0.1, 0.15) is 11.1 Å². The third-order valence-corrected chi connectivity index (χ3v) is 3.45. The molecule has 0 heterocycles. The first-order valence-corrected chi connectivity index (χ1v) is 7.87. The van der Waals surface area contributed by atoms with Crippen molar-refractivity contribution in [1.82, 2.24) is 15.5 Å². The molecule has 1 aromatic rings. The first kappa shape index (κ1) is 22.1. The molecular formula is C16H22F6N4. The van der Waals surface area contributed by atoms with Crippen molar-refractivity contribution in [2.45, 2.75) is 18.8 Å². The number of halogens is 6. The van der Waals surface area contributed by atoms with Crippen molar-refractivity contribution >= 4 is 5.96 Å². The number of aliphatic imine (C=N–C) groups is 1. The third-order valence-electron chi connectivity index (χ3n) is 3.45. The molecule has 10 heteroatoms. The molecule has 0 aliphatic carbocycles. The number of hydrogen-bond donors (Lipinski definition) is 2. The van der Waals surface area contributed by atoms with E-state index in [-0.39, 0.29) is 13.1 Å². The van der Waals surface area contributed by atoms with Gasteiger partial charge in [-0.1, -0.05) is 12.1 Å². The van der Waals surface area contributed by atoms with Gasteiger partial charge >= 0.3 is 12.4 Å². The summed E-state index contributed by atoms with van der Waals surface area (Å²) in [6, 6.07) is 4.87. The summed E-state index contributed by atoms with van der Waals surface area (Å²) in [6.07, 6.45) is -8.12. The fourth-order valence-electron chi connectivity index (χ4n) is 2.16. The summed E-state index contributed by atoms with van der Waals surface area (Å²) in [4.78, 5) is 5.08. The monoisotopic (exact) mass is 384 g/mol. The van der Waals surface area contributed by atoms with E-state index in [1.54, 1.807) is 0 Å².